The van der Waals surface area contributed by atoms with E-state index in [0.29, 0.717) is 23.6 Å². The van der Waals surface area contributed by atoms with Gasteiger partial charge in [0.1, 0.15) is 11.4 Å². The third-order valence-electron chi connectivity index (χ3n) is 6.51. The number of rotatable bonds is 8. The molecule has 4 rings (SSSR count). The summed E-state index contributed by atoms with van der Waals surface area (Å²) in [6.45, 7) is 8.11. The molecule has 3 aromatic rings. The minimum absolute atomic E-state index is 0.139. The molecule has 1 atom stereocenters. The van der Waals surface area contributed by atoms with Crippen molar-refractivity contribution in [1.29, 1.82) is 0 Å². The van der Waals surface area contributed by atoms with E-state index in [-0.39, 0.29) is 11.4 Å². The Bertz CT molecular complexity index is 1080. The van der Waals surface area contributed by atoms with E-state index in [2.05, 4.69) is 24.1 Å². The average Bonchev–Trinajstić information content (AvgIpc) is 3.33. The van der Waals surface area contributed by atoms with Crippen LogP contribution in [-0.4, -0.2) is 66.1 Å². The summed E-state index contributed by atoms with van der Waals surface area (Å²) in [5.41, 5.74) is 2.65. The van der Waals surface area contributed by atoms with Gasteiger partial charge in [0.15, 0.2) is 0 Å². The lowest BCUT2D eigenvalue weighted by Crippen LogP contribution is -2.56. The Morgan fingerprint density at radius 3 is 2.52 bits per heavy atom. The first kappa shape index (κ1) is 23.0. The number of morpholine rings is 1. The summed E-state index contributed by atoms with van der Waals surface area (Å²) in [6, 6.07) is 17.4. The monoisotopic (exact) mass is 448 g/mol. The van der Waals surface area contributed by atoms with Crippen molar-refractivity contribution in [3.8, 4) is 22.7 Å². The van der Waals surface area contributed by atoms with Crippen LogP contribution < -0.4 is 10.1 Å². The first-order chi connectivity index (χ1) is 16.1. The van der Waals surface area contributed by atoms with Crippen molar-refractivity contribution in [3.05, 3.63) is 66.4 Å². The number of nitrogens with one attached hydrogen (secondary N) is 1. The molecule has 33 heavy (non-hydrogen) atoms. The van der Waals surface area contributed by atoms with Gasteiger partial charge in [0.2, 0.25) is 0 Å². The van der Waals surface area contributed by atoms with E-state index in [1.165, 1.54) is 0 Å². The van der Waals surface area contributed by atoms with Crippen molar-refractivity contribution in [3.63, 3.8) is 0 Å². The summed E-state index contributed by atoms with van der Waals surface area (Å²) >= 11 is 0. The number of nitrogens with zero attached hydrogens (tertiary/aromatic N) is 3. The Morgan fingerprint density at radius 2 is 1.82 bits per heavy atom. The number of aromatic nitrogens is 2. The number of hydrogen-bond acceptors (Lipinski definition) is 5. The van der Waals surface area contributed by atoms with E-state index in [9.17, 15) is 4.79 Å². The summed E-state index contributed by atoms with van der Waals surface area (Å²) in [6.07, 6.45) is 2.72. The zero-order chi connectivity index (χ0) is 23.3. The maximum Gasteiger partial charge on any atom is 0.255 e. The van der Waals surface area contributed by atoms with Gasteiger partial charge in [0.25, 0.3) is 5.91 Å². The Kier molecular flexibility index (Phi) is 7.11. The number of carbonyl (C=O) groups is 1. The molecule has 1 saturated heterocycles. The molecule has 174 valence electrons. The molecule has 7 nitrogen and oxygen atoms in total. The van der Waals surface area contributed by atoms with Gasteiger partial charge in [-0.3, -0.25) is 9.69 Å². The number of ether oxygens (including phenoxy) is 2. The molecule has 2 heterocycles. The van der Waals surface area contributed by atoms with Gasteiger partial charge < -0.3 is 14.8 Å². The molecule has 1 unspecified atom stereocenters. The standard InChI is InChI=1S/C26H32N4O3/c1-4-26(2,29-14-16-33-17-15-29)19-27-25(31)22-18-30(20-10-6-5-7-11-20)28-24(22)21-12-8-9-13-23(21)32-3/h5-13,18H,4,14-17,19H2,1-3H3,(H,27,31). The summed E-state index contributed by atoms with van der Waals surface area (Å²) in [5.74, 6) is 0.530. The van der Waals surface area contributed by atoms with E-state index in [1.807, 2.05) is 54.6 Å². The fourth-order valence-electron chi connectivity index (χ4n) is 4.22. The van der Waals surface area contributed by atoms with Crippen molar-refractivity contribution in [2.45, 2.75) is 25.8 Å². The van der Waals surface area contributed by atoms with E-state index < -0.39 is 0 Å². The first-order valence-electron chi connectivity index (χ1n) is 11.4. The largest absolute Gasteiger partial charge is 0.496 e. The molecule has 1 aromatic heterocycles. The Labute approximate surface area is 195 Å². The van der Waals surface area contributed by atoms with Crippen molar-refractivity contribution in [2.75, 3.05) is 40.0 Å². The lowest BCUT2D eigenvalue weighted by molar-refractivity contribution is -0.0169. The van der Waals surface area contributed by atoms with Crippen molar-refractivity contribution in [2.24, 2.45) is 0 Å². The minimum Gasteiger partial charge on any atom is -0.496 e. The number of para-hydroxylation sites is 2. The van der Waals surface area contributed by atoms with Crippen LogP contribution in [0.25, 0.3) is 16.9 Å². The van der Waals surface area contributed by atoms with E-state index in [1.54, 1.807) is 18.0 Å². The van der Waals surface area contributed by atoms with Crippen molar-refractivity contribution in [1.82, 2.24) is 20.0 Å². The highest BCUT2D eigenvalue weighted by Crippen LogP contribution is 2.32. The highest BCUT2D eigenvalue weighted by atomic mass is 16.5. The zero-order valence-electron chi connectivity index (χ0n) is 19.6. The van der Waals surface area contributed by atoms with Gasteiger partial charge in [-0.15, -0.1) is 0 Å². The quantitative estimate of drug-likeness (QED) is 0.568. The van der Waals surface area contributed by atoms with E-state index in [0.717, 1.165) is 44.0 Å². The van der Waals surface area contributed by atoms with Crippen LogP contribution in [0.4, 0.5) is 0 Å². The van der Waals surface area contributed by atoms with E-state index >= 15 is 0 Å². The summed E-state index contributed by atoms with van der Waals surface area (Å²) in [5, 5.41) is 7.97. The molecule has 7 heteroatoms. The normalized spacial score (nSPS) is 16.2. The molecule has 1 fully saturated rings. The smallest absolute Gasteiger partial charge is 0.255 e. The molecule has 1 aliphatic heterocycles. The molecular weight excluding hydrogens is 416 g/mol. The molecule has 1 aliphatic rings. The van der Waals surface area contributed by atoms with Crippen LogP contribution in [0, 0.1) is 0 Å². The van der Waals surface area contributed by atoms with Gasteiger partial charge in [-0.25, -0.2) is 4.68 Å². The van der Waals surface area contributed by atoms with Gasteiger partial charge in [0, 0.05) is 36.9 Å². The molecular formula is C26H32N4O3. The molecule has 0 spiro atoms. The van der Waals surface area contributed by atoms with Gasteiger partial charge in [-0.2, -0.15) is 5.10 Å². The molecule has 0 aliphatic carbocycles. The topological polar surface area (TPSA) is 68.6 Å². The second-order valence-corrected chi connectivity index (χ2v) is 8.50. The highest BCUT2D eigenvalue weighted by Gasteiger charge is 2.32. The second kappa shape index (κ2) is 10.2. The molecule has 0 bridgehead atoms. The van der Waals surface area contributed by atoms with Gasteiger partial charge >= 0.3 is 0 Å². The minimum atomic E-state index is -0.147. The Balaban J connectivity index is 1.65. The maximum atomic E-state index is 13.5. The highest BCUT2D eigenvalue weighted by molar-refractivity contribution is 6.00. The SMILES string of the molecule is CCC(C)(CNC(=O)c1cn(-c2ccccc2)nc1-c1ccccc1OC)N1CCOCC1. The third kappa shape index (κ3) is 4.94. The van der Waals surface area contributed by atoms with Crippen molar-refractivity contribution >= 4 is 5.91 Å². The van der Waals surface area contributed by atoms with Crippen LogP contribution in [-0.2, 0) is 4.74 Å². The van der Waals surface area contributed by atoms with Crippen LogP contribution in [0.15, 0.2) is 60.8 Å². The van der Waals surface area contributed by atoms with E-state index in [4.69, 9.17) is 14.6 Å². The lowest BCUT2D eigenvalue weighted by atomic mass is 9.95. The van der Waals surface area contributed by atoms with Crippen LogP contribution in [0.2, 0.25) is 0 Å². The number of benzene rings is 2. The second-order valence-electron chi connectivity index (χ2n) is 8.50. The van der Waals surface area contributed by atoms with Gasteiger partial charge in [-0.05, 0) is 37.6 Å². The van der Waals surface area contributed by atoms with Crippen LogP contribution in [0.5, 0.6) is 5.75 Å². The fourth-order valence-corrected chi connectivity index (χ4v) is 4.22. The summed E-state index contributed by atoms with van der Waals surface area (Å²) < 4.78 is 12.8. The van der Waals surface area contributed by atoms with Crippen LogP contribution in [0.1, 0.15) is 30.6 Å². The predicted octanol–water partition coefficient (Wildman–Crippen LogP) is 3.78. The summed E-state index contributed by atoms with van der Waals surface area (Å²) in [7, 11) is 1.63. The third-order valence-corrected chi connectivity index (χ3v) is 6.51. The molecule has 1 amide bonds. The number of hydrogen-bond donors (Lipinski definition) is 1. The lowest BCUT2D eigenvalue weighted by Gasteiger charge is -2.43. The average molecular weight is 449 g/mol. The molecule has 0 radical (unpaired) electrons. The Morgan fingerprint density at radius 1 is 1.12 bits per heavy atom. The summed E-state index contributed by atoms with van der Waals surface area (Å²) in [4.78, 5) is 15.9. The predicted molar refractivity (Wildman–Crippen MR) is 129 cm³/mol. The number of amides is 1. The Hall–Kier alpha value is -3.16. The maximum absolute atomic E-state index is 13.5. The molecule has 2 aromatic carbocycles. The van der Waals surface area contributed by atoms with Gasteiger partial charge in [0.05, 0.1) is 31.6 Å². The van der Waals surface area contributed by atoms with Gasteiger partial charge in [-0.1, -0.05) is 37.3 Å². The number of methoxy groups -OCH3 is 1. The first-order valence-corrected chi connectivity index (χ1v) is 11.4. The fraction of sp³-hybridized carbons (Fsp3) is 0.385. The molecule has 0 saturated carbocycles. The molecule has 1 N–H and O–H groups in total. The van der Waals surface area contributed by atoms with Crippen molar-refractivity contribution < 1.29 is 14.3 Å². The van der Waals surface area contributed by atoms with Crippen LogP contribution >= 0.6 is 0 Å². The number of carbonyl (C=O) groups excluding carboxylic acids is 1. The van der Waals surface area contributed by atoms with Crippen LogP contribution in [0.3, 0.4) is 0 Å². The zero-order valence-corrected chi connectivity index (χ0v) is 19.6.